The van der Waals surface area contributed by atoms with Crippen LogP contribution in [-0.4, -0.2) is 9.79 Å². The van der Waals surface area contributed by atoms with Crippen LogP contribution in [0.1, 0.15) is 0 Å². The van der Waals surface area contributed by atoms with Gasteiger partial charge in [0.2, 0.25) is 0 Å². The highest BCUT2D eigenvalue weighted by Crippen LogP contribution is 2.49. The van der Waals surface area contributed by atoms with Crippen LogP contribution in [0.15, 0.2) is 121 Å². The van der Waals surface area contributed by atoms with Crippen molar-refractivity contribution in [1.29, 1.82) is 0 Å². The van der Waals surface area contributed by atoms with Gasteiger partial charge in [0, 0.05) is 0 Å². The first-order chi connectivity index (χ1) is 16.2. The van der Waals surface area contributed by atoms with Crippen molar-refractivity contribution in [2.75, 3.05) is 4.67 Å². The van der Waals surface area contributed by atoms with Gasteiger partial charge >= 0.3 is 15.5 Å². The number of hydrogen-bond donors (Lipinski definition) is 3. The van der Waals surface area contributed by atoms with Crippen molar-refractivity contribution in [2.24, 2.45) is 5.50 Å². The van der Waals surface area contributed by atoms with Gasteiger partial charge in [0.1, 0.15) is 11.5 Å². The summed E-state index contributed by atoms with van der Waals surface area (Å²) in [7, 11) is -8.02. The van der Waals surface area contributed by atoms with E-state index >= 15 is 0 Å². The molecule has 0 spiro atoms. The molecule has 0 heterocycles. The minimum Gasteiger partial charge on any atom is -0.405 e. The molecule has 0 bridgehead atoms. The SMILES string of the molecule is NP(=O)(Oc1ccccc1)Oc1ccccc1.O=P(O)(O)N(c1ccccc1)c1ccccc1. The van der Waals surface area contributed by atoms with Crippen molar-refractivity contribution >= 4 is 26.9 Å². The molecule has 0 aromatic heterocycles. The van der Waals surface area contributed by atoms with E-state index in [2.05, 4.69) is 0 Å². The van der Waals surface area contributed by atoms with Gasteiger partial charge in [0.05, 0.1) is 11.4 Å². The average molecular weight is 498 g/mol. The van der Waals surface area contributed by atoms with Gasteiger partial charge < -0.3 is 18.8 Å². The lowest BCUT2D eigenvalue weighted by atomic mass is 10.3. The van der Waals surface area contributed by atoms with Crippen molar-refractivity contribution in [3.05, 3.63) is 121 Å². The van der Waals surface area contributed by atoms with Crippen LogP contribution < -0.4 is 19.2 Å². The van der Waals surface area contributed by atoms with E-state index in [9.17, 15) is 18.9 Å². The van der Waals surface area contributed by atoms with Gasteiger partial charge in [-0.15, -0.1) is 0 Å². The van der Waals surface area contributed by atoms with Crippen LogP contribution in [0.5, 0.6) is 11.5 Å². The molecular weight excluding hydrogens is 474 g/mol. The molecule has 4 N–H and O–H groups in total. The molecule has 0 aliphatic carbocycles. The molecule has 0 aliphatic rings. The molecule has 0 unspecified atom stereocenters. The van der Waals surface area contributed by atoms with E-state index in [1.807, 2.05) is 12.1 Å². The molecule has 4 rings (SSSR count). The first kappa shape index (κ1) is 25.2. The van der Waals surface area contributed by atoms with Crippen molar-refractivity contribution in [3.8, 4) is 11.5 Å². The third-order valence-corrected chi connectivity index (χ3v) is 6.13. The lowest BCUT2D eigenvalue weighted by Crippen LogP contribution is -2.12. The van der Waals surface area contributed by atoms with E-state index in [4.69, 9.17) is 14.6 Å². The van der Waals surface area contributed by atoms with Gasteiger partial charge in [-0.05, 0) is 48.5 Å². The Hall–Kier alpha value is -3.38. The Balaban J connectivity index is 0.000000191. The highest BCUT2D eigenvalue weighted by atomic mass is 31.2. The predicted molar refractivity (Wildman–Crippen MR) is 133 cm³/mol. The van der Waals surface area contributed by atoms with Crippen molar-refractivity contribution in [1.82, 2.24) is 0 Å². The molecule has 8 nitrogen and oxygen atoms in total. The van der Waals surface area contributed by atoms with Crippen molar-refractivity contribution < 1.29 is 28.0 Å². The normalized spacial score (nSPS) is 11.0. The van der Waals surface area contributed by atoms with Crippen LogP contribution in [-0.2, 0) is 9.13 Å². The van der Waals surface area contributed by atoms with E-state index in [-0.39, 0.29) is 0 Å². The number of rotatable bonds is 7. The van der Waals surface area contributed by atoms with Gasteiger partial charge in [0.25, 0.3) is 0 Å². The second-order valence-corrected chi connectivity index (χ2v) is 9.72. The van der Waals surface area contributed by atoms with E-state index in [1.165, 1.54) is 0 Å². The maximum absolute atomic E-state index is 11.9. The summed E-state index contributed by atoms with van der Waals surface area (Å²) in [4.78, 5) is 18.8. The third kappa shape index (κ3) is 7.89. The van der Waals surface area contributed by atoms with E-state index in [1.54, 1.807) is 109 Å². The molecular formula is C24H24N2O6P2. The summed E-state index contributed by atoms with van der Waals surface area (Å²) in [5.41, 5.74) is 6.42. The van der Waals surface area contributed by atoms with Crippen LogP contribution in [0, 0.1) is 0 Å². The molecule has 0 aliphatic heterocycles. The number of hydrogen-bond acceptors (Lipinski definition) is 4. The maximum atomic E-state index is 11.9. The van der Waals surface area contributed by atoms with E-state index in [0.717, 1.165) is 4.67 Å². The Bertz CT molecular complexity index is 1150. The van der Waals surface area contributed by atoms with Gasteiger partial charge in [-0.2, -0.15) is 0 Å². The molecule has 176 valence electrons. The lowest BCUT2D eigenvalue weighted by molar-refractivity contribution is 0.373. The smallest absolute Gasteiger partial charge is 0.405 e. The number of nitrogens with zero attached hydrogens (tertiary/aromatic N) is 1. The third-order valence-electron chi connectivity index (χ3n) is 4.21. The minimum atomic E-state index is -4.39. The largest absolute Gasteiger partial charge is 0.510 e. The number of nitrogens with two attached hydrogens (primary N) is 1. The topological polar surface area (TPSA) is 122 Å². The van der Waals surface area contributed by atoms with Crippen LogP contribution in [0.2, 0.25) is 0 Å². The van der Waals surface area contributed by atoms with Crippen LogP contribution in [0.25, 0.3) is 0 Å². The number of anilines is 2. The second kappa shape index (κ2) is 11.7. The highest BCUT2D eigenvalue weighted by Gasteiger charge is 2.27. The van der Waals surface area contributed by atoms with Crippen LogP contribution in [0.4, 0.5) is 11.4 Å². The molecule has 4 aromatic rings. The molecule has 10 heteroatoms. The van der Waals surface area contributed by atoms with Crippen LogP contribution in [0.3, 0.4) is 0 Å². The quantitative estimate of drug-likeness (QED) is 0.260. The molecule has 4 aromatic carbocycles. The molecule has 0 saturated carbocycles. The zero-order valence-electron chi connectivity index (χ0n) is 18.0. The fourth-order valence-electron chi connectivity index (χ4n) is 2.86. The Kier molecular flexibility index (Phi) is 8.66. The fourth-order valence-corrected chi connectivity index (χ4v) is 4.60. The summed E-state index contributed by atoms with van der Waals surface area (Å²) in [6.07, 6.45) is 0. The Morgan fingerprint density at radius 1 is 0.559 bits per heavy atom. The predicted octanol–water partition coefficient (Wildman–Crippen LogP) is 6.13. The summed E-state index contributed by atoms with van der Waals surface area (Å²) in [6.45, 7) is 0. The highest BCUT2D eigenvalue weighted by molar-refractivity contribution is 7.54. The van der Waals surface area contributed by atoms with Crippen molar-refractivity contribution in [3.63, 3.8) is 0 Å². The van der Waals surface area contributed by atoms with E-state index in [0.29, 0.717) is 22.9 Å². The maximum Gasteiger partial charge on any atom is 0.510 e. The minimum absolute atomic E-state index is 0.411. The summed E-state index contributed by atoms with van der Waals surface area (Å²) in [5, 5.41) is 0. The first-order valence-corrected chi connectivity index (χ1v) is 13.3. The molecule has 0 fully saturated rings. The zero-order valence-corrected chi connectivity index (χ0v) is 19.8. The molecule has 0 radical (unpaired) electrons. The summed E-state index contributed by atoms with van der Waals surface area (Å²) >= 11 is 0. The molecule has 0 amide bonds. The lowest BCUT2D eigenvalue weighted by Gasteiger charge is -2.25. The Morgan fingerprint density at radius 2 is 0.853 bits per heavy atom. The summed E-state index contributed by atoms with van der Waals surface area (Å²) in [6, 6.07) is 34.5. The molecule has 0 saturated heterocycles. The van der Waals surface area contributed by atoms with E-state index < -0.39 is 15.5 Å². The fraction of sp³-hybridized carbons (Fsp3) is 0. The zero-order chi connectivity index (χ0) is 24.4. The summed E-state index contributed by atoms with van der Waals surface area (Å²) < 4.78 is 34.7. The molecule has 0 atom stereocenters. The average Bonchev–Trinajstić information content (AvgIpc) is 2.81. The van der Waals surface area contributed by atoms with Gasteiger partial charge in [0.15, 0.2) is 0 Å². The molecule has 34 heavy (non-hydrogen) atoms. The van der Waals surface area contributed by atoms with Gasteiger partial charge in [-0.3, -0.25) is 0 Å². The monoisotopic (exact) mass is 498 g/mol. The number of benzene rings is 4. The van der Waals surface area contributed by atoms with Gasteiger partial charge in [-0.1, -0.05) is 72.8 Å². The van der Waals surface area contributed by atoms with Crippen LogP contribution >= 0.6 is 15.5 Å². The summed E-state index contributed by atoms with van der Waals surface area (Å²) in [5.74, 6) is 0.823. The first-order valence-electron chi connectivity index (χ1n) is 10.1. The number of para-hydroxylation sites is 4. The Morgan fingerprint density at radius 3 is 1.15 bits per heavy atom. The Labute approximate surface area is 198 Å². The standard InChI is InChI=1S/2C12H12NO3P/c13-17(14,15-11-7-3-1-4-8-11)16-12-9-5-2-6-10-12;14-17(15,16)13(11-7-3-1-4-8-11)12-9-5-2-6-10-12/h1-10H,(H2,13,14);1-10H,(H2,14,15,16). The second-order valence-electron chi connectivity index (χ2n) is 6.84. The van der Waals surface area contributed by atoms with Gasteiger partial charge in [-0.25, -0.2) is 19.3 Å². The van der Waals surface area contributed by atoms with Crippen molar-refractivity contribution in [2.45, 2.75) is 0 Å².